The van der Waals surface area contributed by atoms with E-state index in [2.05, 4.69) is 20.5 Å². The van der Waals surface area contributed by atoms with Gasteiger partial charge >= 0.3 is 0 Å². The number of hydrogen-bond acceptors (Lipinski definition) is 3. The van der Waals surface area contributed by atoms with E-state index in [9.17, 15) is 9.18 Å². The number of nitrogens with zero attached hydrogens (tertiary/aromatic N) is 2. The van der Waals surface area contributed by atoms with Crippen LogP contribution in [0.25, 0.3) is 0 Å². The minimum Gasteiger partial charge on any atom is -0.326 e. The molecule has 0 saturated carbocycles. The topological polar surface area (TPSA) is 70.7 Å². The number of H-pyrrole nitrogens is 1. The Morgan fingerprint density at radius 2 is 1.92 bits per heavy atom. The molecule has 3 aromatic rings. The molecule has 24 heavy (non-hydrogen) atoms. The van der Waals surface area contributed by atoms with Gasteiger partial charge in [0.15, 0.2) is 5.82 Å². The summed E-state index contributed by atoms with van der Waals surface area (Å²) < 4.78 is 13.6. The molecular weight excluding hydrogens is 331 g/mol. The van der Waals surface area contributed by atoms with Gasteiger partial charge in [-0.3, -0.25) is 9.89 Å². The number of nitrogens with one attached hydrogen (secondary N) is 2. The predicted molar refractivity (Wildman–Crippen MR) is 89.4 cm³/mol. The first-order valence-electron chi connectivity index (χ1n) is 7.29. The highest BCUT2D eigenvalue weighted by Crippen LogP contribution is 2.14. The van der Waals surface area contributed by atoms with Gasteiger partial charge in [0.2, 0.25) is 5.91 Å². The summed E-state index contributed by atoms with van der Waals surface area (Å²) >= 11 is 5.79. The number of carbonyl (C=O) groups excluding carboxylic acids is 1. The average Bonchev–Trinajstić information content (AvgIpc) is 2.99. The van der Waals surface area contributed by atoms with Crippen LogP contribution in [0.15, 0.2) is 48.5 Å². The highest BCUT2D eigenvalue weighted by atomic mass is 35.5. The lowest BCUT2D eigenvalue weighted by molar-refractivity contribution is -0.115. The number of amides is 1. The van der Waals surface area contributed by atoms with Gasteiger partial charge in [0, 0.05) is 17.1 Å². The van der Waals surface area contributed by atoms with E-state index in [1.165, 1.54) is 6.07 Å². The molecule has 5 nitrogen and oxygen atoms in total. The van der Waals surface area contributed by atoms with Crippen molar-refractivity contribution in [3.63, 3.8) is 0 Å². The van der Waals surface area contributed by atoms with Gasteiger partial charge in [0.25, 0.3) is 0 Å². The van der Waals surface area contributed by atoms with Gasteiger partial charge < -0.3 is 5.32 Å². The van der Waals surface area contributed by atoms with E-state index in [4.69, 9.17) is 11.6 Å². The van der Waals surface area contributed by atoms with Crippen LogP contribution in [0, 0.1) is 5.82 Å². The monoisotopic (exact) mass is 344 g/mol. The summed E-state index contributed by atoms with van der Waals surface area (Å²) in [6.45, 7) is 0. The SMILES string of the molecule is O=C(Cc1n[nH]c(Cc2ccccc2F)n1)Nc1ccc(Cl)cc1. The molecule has 1 heterocycles. The molecule has 1 aromatic heterocycles. The van der Waals surface area contributed by atoms with Gasteiger partial charge in [-0.2, -0.15) is 5.10 Å². The number of hydrogen-bond donors (Lipinski definition) is 2. The first-order valence-corrected chi connectivity index (χ1v) is 7.67. The Kier molecular flexibility index (Phi) is 4.86. The quantitative estimate of drug-likeness (QED) is 0.745. The number of aromatic amines is 1. The minimum atomic E-state index is -0.295. The molecule has 0 fully saturated rings. The zero-order valence-electron chi connectivity index (χ0n) is 12.6. The Labute approximate surface area is 142 Å². The second-order valence-corrected chi connectivity index (χ2v) is 5.63. The van der Waals surface area contributed by atoms with Gasteiger partial charge in [0.05, 0.1) is 6.42 Å². The van der Waals surface area contributed by atoms with Crippen molar-refractivity contribution in [3.05, 3.63) is 76.6 Å². The van der Waals surface area contributed by atoms with Gasteiger partial charge in [0.1, 0.15) is 11.6 Å². The van der Waals surface area contributed by atoms with Gasteiger partial charge in [-0.1, -0.05) is 29.8 Å². The van der Waals surface area contributed by atoms with E-state index < -0.39 is 0 Å². The van der Waals surface area contributed by atoms with Crippen LogP contribution in [0.4, 0.5) is 10.1 Å². The minimum absolute atomic E-state index is 0.0242. The molecule has 1 amide bonds. The summed E-state index contributed by atoms with van der Waals surface area (Å²) in [5, 5.41) is 10.1. The van der Waals surface area contributed by atoms with Crippen LogP contribution in [-0.4, -0.2) is 21.1 Å². The third kappa shape index (κ3) is 4.17. The van der Waals surface area contributed by atoms with Crippen molar-refractivity contribution < 1.29 is 9.18 Å². The number of anilines is 1. The Bertz CT molecular complexity index is 848. The lowest BCUT2D eigenvalue weighted by Crippen LogP contribution is -2.15. The van der Waals surface area contributed by atoms with E-state index in [1.807, 2.05) is 0 Å². The van der Waals surface area contributed by atoms with Crippen molar-refractivity contribution in [2.24, 2.45) is 0 Å². The Balaban J connectivity index is 1.60. The summed E-state index contributed by atoms with van der Waals surface area (Å²) in [5.74, 6) is 0.326. The second-order valence-electron chi connectivity index (χ2n) is 5.20. The number of benzene rings is 2. The van der Waals surface area contributed by atoms with Crippen LogP contribution in [0.3, 0.4) is 0 Å². The Hall–Kier alpha value is -2.73. The molecule has 0 bridgehead atoms. The maximum absolute atomic E-state index is 13.6. The fourth-order valence-corrected chi connectivity index (χ4v) is 2.32. The van der Waals surface area contributed by atoms with Crippen molar-refractivity contribution >= 4 is 23.2 Å². The van der Waals surface area contributed by atoms with Crippen LogP contribution in [0.5, 0.6) is 0 Å². The van der Waals surface area contributed by atoms with Crippen LogP contribution >= 0.6 is 11.6 Å². The number of rotatable bonds is 5. The van der Waals surface area contributed by atoms with Gasteiger partial charge in [-0.25, -0.2) is 9.37 Å². The van der Waals surface area contributed by atoms with Crippen LogP contribution in [0.1, 0.15) is 17.2 Å². The Morgan fingerprint density at radius 1 is 1.17 bits per heavy atom. The molecule has 2 aromatic carbocycles. The molecule has 0 unspecified atom stereocenters. The van der Waals surface area contributed by atoms with E-state index in [0.29, 0.717) is 34.3 Å². The first kappa shape index (κ1) is 16.1. The summed E-state index contributed by atoms with van der Waals surface area (Å²) in [4.78, 5) is 16.2. The summed E-state index contributed by atoms with van der Waals surface area (Å²) in [5.41, 5.74) is 1.16. The van der Waals surface area contributed by atoms with Crippen LogP contribution < -0.4 is 5.32 Å². The number of aromatic nitrogens is 3. The van der Waals surface area contributed by atoms with Crippen LogP contribution in [-0.2, 0) is 17.6 Å². The van der Waals surface area contributed by atoms with E-state index in [-0.39, 0.29) is 18.1 Å². The number of carbonyl (C=O) groups is 1. The highest BCUT2D eigenvalue weighted by molar-refractivity contribution is 6.30. The Morgan fingerprint density at radius 3 is 2.67 bits per heavy atom. The molecule has 3 rings (SSSR count). The van der Waals surface area contributed by atoms with Crippen molar-refractivity contribution in [1.29, 1.82) is 0 Å². The lowest BCUT2D eigenvalue weighted by atomic mass is 10.1. The second kappa shape index (κ2) is 7.23. The molecule has 0 saturated heterocycles. The largest absolute Gasteiger partial charge is 0.326 e. The fourth-order valence-electron chi connectivity index (χ4n) is 2.20. The summed E-state index contributed by atoms with van der Waals surface area (Å²) in [7, 11) is 0. The molecule has 0 aliphatic heterocycles. The molecular formula is C17H14ClFN4O. The van der Waals surface area contributed by atoms with Crippen molar-refractivity contribution in [2.45, 2.75) is 12.8 Å². The molecule has 0 aliphatic rings. The zero-order chi connectivity index (χ0) is 16.9. The zero-order valence-corrected chi connectivity index (χ0v) is 13.3. The normalized spacial score (nSPS) is 10.6. The first-order chi connectivity index (χ1) is 11.6. The molecule has 0 atom stereocenters. The van der Waals surface area contributed by atoms with Gasteiger partial charge in [-0.05, 0) is 35.9 Å². The molecule has 7 heteroatoms. The highest BCUT2D eigenvalue weighted by Gasteiger charge is 2.11. The molecule has 122 valence electrons. The van der Waals surface area contributed by atoms with Crippen molar-refractivity contribution in [3.8, 4) is 0 Å². The third-order valence-corrected chi connectivity index (χ3v) is 3.59. The summed E-state index contributed by atoms with van der Waals surface area (Å²) in [6.07, 6.45) is 0.314. The standard InChI is InChI=1S/C17H14ClFN4O/c18-12-5-7-13(8-6-12)20-17(24)10-16-21-15(22-23-16)9-11-3-1-2-4-14(11)19/h1-8H,9-10H2,(H,20,24)(H,21,22,23). The summed E-state index contributed by atoms with van der Waals surface area (Å²) in [6, 6.07) is 13.3. The van der Waals surface area contributed by atoms with E-state index in [1.54, 1.807) is 42.5 Å². The molecule has 0 radical (unpaired) electrons. The third-order valence-electron chi connectivity index (χ3n) is 3.34. The molecule has 2 N–H and O–H groups in total. The van der Waals surface area contributed by atoms with E-state index >= 15 is 0 Å². The maximum atomic E-state index is 13.6. The van der Waals surface area contributed by atoms with Crippen LogP contribution in [0.2, 0.25) is 5.02 Å². The molecule has 0 aliphatic carbocycles. The maximum Gasteiger partial charge on any atom is 0.232 e. The lowest BCUT2D eigenvalue weighted by Gasteiger charge is -2.03. The average molecular weight is 345 g/mol. The van der Waals surface area contributed by atoms with Crippen molar-refractivity contribution in [2.75, 3.05) is 5.32 Å². The predicted octanol–water partition coefficient (Wildman–Crippen LogP) is 3.37. The smallest absolute Gasteiger partial charge is 0.232 e. The van der Waals surface area contributed by atoms with Crippen molar-refractivity contribution in [1.82, 2.24) is 15.2 Å². The molecule has 0 spiro atoms. The fraction of sp³-hybridized carbons (Fsp3) is 0.118. The van der Waals surface area contributed by atoms with Gasteiger partial charge in [-0.15, -0.1) is 0 Å². The van der Waals surface area contributed by atoms with E-state index in [0.717, 1.165) is 0 Å². The number of halogens is 2.